The van der Waals surface area contributed by atoms with Crippen molar-refractivity contribution >= 4 is 27.5 Å². The van der Waals surface area contributed by atoms with Crippen molar-refractivity contribution in [1.29, 1.82) is 0 Å². The number of rotatable bonds is 7. The van der Waals surface area contributed by atoms with Gasteiger partial charge in [-0.25, -0.2) is 8.42 Å². The molecule has 2 aromatic rings. The molecular formula is C20H25ClN2O3S. The van der Waals surface area contributed by atoms with E-state index in [2.05, 4.69) is 5.32 Å². The molecule has 0 saturated heterocycles. The van der Waals surface area contributed by atoms with Crippen molar-refractivity contribution in [3.8, 4) is 0 Å². The van der Waals surface area contributed by atoms with E-state index in [9.17, 15) is 13.2 Å². The Morgan fingerprint density at radius 3 is 2.26 bits per heavy atom. The molecule has 2 aromatic carbocycles. The Labute approximate surface area is 166 Å². The lowest BCUT2D eigenvalue weighted by molar-refractivity contribution is 0.0939. The van der Waals surface area contributed by atoms with Gasteiger partial charge in [0.1, 0.15) is 0 Å². The van der Waals surface area contributed by atoms with E-state index < -0.39 is 10.0 Å². The van der Waals surface area contributed by atoms with Crippen molar-refractivity contribution in [2.24, 2.45) is 0 Å². The van der Waals surface area contributed by atoms with Crippen LogP contribution in [0.1, 0.15) is 48.3 Å². The van der Waals surface area contributed by atoms with Crippen LogP contribution in [0.2, 0.25) is 5.02 Å². The molecule has 0 heterocycles. The van der Waals surface area contributed by atoms with Gasteiger partial charge in [0.25, 0.3) is 5.91 Å². The molecule has 27 heavy (non-hydrogen) atoms. The molecule has 0 aliphatic rings. The standard InChI is InChI=1S/C20H25ClN2O3S/c1-5-23(6-2)27(25,26)19-13-17(8-7-14(19)3)20(24)22-15(4)16-9-11-18(21)12-10-16/h7-13,15H,5-6H2,1-4H3,(H,22,24). The van der Waals surface area contributed by atoms with E-state index in [1.165, 1.54) is 10.4 Å². The zero-order valence-corrected chi connectivity index (χ0v) is 17.6. The second kappa shape index (κ2) is 8.87. The van der Waals surface area contributed by atoms with Crippen LogP contribution in [0.15, 0.2) is 47.4 Å². The fraction of sp³-hybridized carbons (Fsp3) is 0.350. The zero-order valence-electron chi connectivity index (χ0n) is 16.0. The lowest BCUT2D eigenvalue weighted by atomic mass is 10.1. The van der Waals surface area contributed by atoms with Gasteiger partial charge in [-0.05, 0) is 49.2 Å². The first kappa shape index (κ1) is 21.4. The van der Waals surface area contributed by atoms with Crippen molar-refractivity contribution in [1.82, 2.24) is 9.62 Å². The molecule has 7 heteroatoms. The largest absolute Gasteiger partial charge is 0.346 e. The molecule has 5 nitrogen and oxygen atoms in total. The highest BCUT2D eigenvalue weighted by Gasteiger charge is 2.25. The third-order valence-electron chi connectivity index (χ3n) is 4.49. The van der Waals surface area contributed by atoms with Gasteiger partial charge in [-0.2, -0.15) is 4.31 Å². The summed E-state index contributed by atoms with van der Waals surface area (Å²) in [6, 6.07) is 11.7. The maximum Gasteiger partial charge on any atom is 0.251 e. The average Bonchev–Trinajstić information content (AvgIpc) is 2.63. The van der Waals surface area contributed by atoms with Gasteiger partial charge in [-0.3, -0.25) is 4.79 Å². The number of benzene rings is 2. The summed E-state index contributed by atoms with van der Waals surface area (Å²) in [4.78, 5) is 12.8. The number of carbonyl (C=O) groups excluding carboxylic acids is 1. The van der Waals surface area contributed by atoms with Gasteiger partial charge >= 0.3 is 0 Å². The molecule has 2 rings (SSSR count). The Hall–Kier alpha value is -1.89. The molecule has 0 spiro atoms. The molecule has 1 N–H and O–H groups in total. The number of carbonyl (C=O) groups is 1. The van der Waals surface area contributed by atoms with E-state index in [-0.39, 0.29) is 16.8 Å². The van der Waals surface area contributed by atoms with Gasteiger partial charge < -0.3 is 5.32 Å². The van der Waals surface area contributed by atoms with Crippen molar-refractivity contribution < 1.29 is 13.2 Å². The molecule has 1 unspecified atom stereocenters. The van der Waals surface area contributed by atoms with Gasteiger partial charge in [0.2, 0.25) is 10.0 Å². The van der Waals surface area contributed by atoms with Crippen LogP contribution < -0.4 is 5.32 Å². The quantitative estimate of drug-likeness (QED) is 0.747. The molecule has 0 aromatic heterocycles. The minimum Gasteiger partial charge on any atom is -0.346 e. The van der Waals surface area contributed by atoms with Crippen molar-refractivity contribution in [3.63, 3.8) is 0 Å². The SMILES string of the molecule is CCN(CC)S(=O)(=O)c1cc(C(=O)NC(C)c2ccc(Cl)cc2)ccc1C. The summed E-state index contributed by atoms with van der Waals surface area (Å²) in [7, 11) is -3.63. The van der Waals surface area contributed by atoms with E-state index in [4.69, 9.17) is 11.6 Å². The van der Waals surface area contributed by atoms with Gasteiger partial charge in [0, 0.05) is 23.7 Å². The van der Waals surface area contributed by atoms with E-state index >= 15 is 0 Å². The van der Waals surface area contributed by atoms with Crippen molar-refractivity contribution in [3.05, 3.63) is 64.2 Å². The van der Waals surface area contributed by atoms with E-state index in [0.717, 1.165) is 5.56 Å². The second-order valence-electron chi connectivity index (χ2n) is 6.32. The zero-order chi connectivity index (χ0) is 20.2. The van der Waals surface area contributed by atoms with Crippen molar-refractivity contribution in [2.75, 3.05) is 13.1 Å². The molecule has 0 fully saturated rings. The fourth-order valence-corrected chi connectivity index (χ4v) is 4.67. The van der Waals surface area contributed by atoms with Gasteiger partial charge in [-0.15, -0.1) is 0 Å². The first-order valence-corrected chi connectivity index (χ1v) is 10.7. The van der Waals surface area contributed by atoms with E-state index in [0.29, 0.717) is 29.2 Å². The van der Waals surface area contributed by atoms with Crippen LogP contribution in [0, 0.1) is 6.92 Å². The molecule has 1 atom stereocenters. The number of hydrogen-bond donors (Lipinski definition) is 1. The molecule has 0 bridgehead atoms. The van der Waals surface area contributed by atoms with Crippen LogP contribution in [0.3, 0.4) is 0 Å². The molecule has 146 valence electrons. The van der Waals surface area contributed by atoms with Crippen LogP contribution >= 0.6 is 11.6 Å². The van der Waals surface area contributed by atoms with Crippen LogP contribution in [0.4, 0.5) is 0 Å². The summed E-state index contributed by atoms with van der Waals surface area (Å²) in [5.74, 6) is -0.326. The summed E-state index contributed by atoms with van der Waals surface area (Å²) < 4.78 is 27.1. The van der Waals surface area contributed by atoms with Crippen molar-refractivity contribution in [2.45, 2.75) is 38.6 Å². The third kappa shape index (κ3) is 4.89. The molecule has 0 aliphatic heterocycles. The summed E-state index contributed by atoms with van der Waals surface area (Å²) >= 11 is 5.89. The maximum absolute atomic E-state index is 12.8. The second-order valence-corrected chi connectivity index (χ2v) is 8.66. The number of amides is 1. The van der Waals surface area contributed by atoms with Crippen LogP contribution in [0.5, 0.6) is 0 Å². The van der Waals surface area contributed by atoms with Crippen LogP contribution in [0.25, 0.3) is 0 Å². The minimum absolute atomic E-state index is 0.165. The lowest BCUT2D eigenvalue weighted by Gasteiger charge is -2.20. The Morgan fingerprint density at radius 2 is 1.70 bits per heavy atom. The summed E-state index contributed by atoms with van der Waals surface area (Å²) in [5, 5.41) is 3.52. The number of nitrogens with zero attached hydrogens (tertiary/aromatic N) is 1. The van der Waals surface area contributed by atoms with E-state index in [1.807, 2.05) is 19.1 Å². The maximum atomic E-state index is 12.8. The number of nitrogens with one attached hydrogen (secondary N) is 1. The number of sulfonamides is 1. The summed E-state index contributed by atoms with van der Waals surface area (Å²) in [6.45, 7) is 7.93. The Bertz CT molecular complexity index is 907. The molecule has 1 amide bonds. The Morgan fingerprint density at radius 1 is 1.11 bits per heavy atom. The van der Waals surface area contributed by atoms with E-state index in [1.54, 1.807) is 45.0 Å². The number of halogens is 1. The lowest BCUT2D eigenvalue weighted by Crippen LogP contribution is -2.31. The Kier molecular flexibility index (Phi) is 7.03. The predicted molar refractivity (Wildman–Crippen MR) is 109 cm³/mol. The third-order valence-corrected chi connectivity index (χ3v) is 6.94. The first-order chi connectivity index (χ1) is 12.7. The molecule has 0 aliphatic carbocycles. The molecule has 0 saturated carbocycles. The molecular weight excluding hydrogens is 384 g/mol. The number of aryl methyl sites for hydroxylation is 1. The minimum atomic E-state index is -3.63. The summed E-state index contributed by atoms with van der Waals surface area (Å²) in [5.41, 5.74) is 1.84. The topological polar surface area (TPSA) is 66.5 Å². The normalized spacial score (nSPS) is 12.8. The summed E-state index contributed by atoms with van der Waals surface area (Å²) in [6.07, 6.45) is 0. The average molecular weight is 409 g/mol. The van der Waals surface area contributed by atoms with Crippen LogP contribution in [-0.4, -0.2) is 31.7 Å². The Balaban J connectivity index is 2.29. The van der Waals surface area contributed by atoms with Gasteiger partial charge in [0.05, 0.1) is 10.9 Å². The first-order valence-electron chi connectivity index (χ1n) is 8.87. The number of hydrogen-bond acceptors (Lipinski definition) is 3. The highest BCUT2D eigenvalue weighted by Crippen LogP contribution is 2.22. The monoisotopic (exact) mass is 408 g/mol. The predicted octanol–water partition coefficient (Wildman–Crippen LogP) is 4.17. The smallest absolute Gasteiger partial charge is 0.251 e. The van der Waals surface area contributed by atoms with Crippen LogP contribution in [-0.2, 0) is 10.0 Å². The van der Waals surface area contributed by atoms with Gasteiger partial charge in [-0.1, -0.05) is 43.6 Å². The highest BCUT2D eigenvalue weighted by atomic mass is 35.5. The van der Waals surface area contributed by atoms with Gasteiger partial charge in [0.15, 0.2) is 0 Å². The molecule has 0 radical (unpaired) electrons. The highest BCUT2D eigenvalue weighted by molar-refractivity contribution is 7.89. The fourth-order valence-electron chi connectivity index (χ4n) is 2.84.